The van der Waals surface area contributed by atoms with Crippen LogP contribution in [0.1, 0.15) is 96.9 Å². The van der Waals surface area contributed by atoms with Crippen LogP contribution in [0.5, 0.6) is 0 Å². The molecule has 0 aromatic heterocycles. The van der Waals surface area contributed by atoms with Crippen LogP contribution in [0.4, 0.5) is 11.4 Å². The minimum Gasteiger partial charge on any atom is -0.405 e. The second-order valence-corrected chi connectivity index (χ2v) is 17.3. The first-order valence-corrected chi connectivity index (χ1v) is 18.0. The summed E-state index contributed by atoms with van der Waals surface area (Å²) in [6.45, 7) is 27.1. The van der Waals surface area contributed by atoms with Crippen molar-refractivity contribution in [2.45, 2.75) is 131 Å². The largest absolute Gasteiger partial charge is 0.496 e. The van der Waals surface area contributed by atoms with Crippen molar-refractivity contribution < 1.29 is 37.5 Å². The molecule has 3 aliphatic heterocycles. The fraction of sp³-hybridized carbons (Fsp3) is 0.588. The number of hydrogen-bond acceptors (Lipinski definition) is 8. The molecule has 5 rings (SSSR count). The van der Waals surface area contributed by atoms with Crippen molar-refractivity contribution in [1.82, 2.24) is 0 Å². The van der Waals surface area contributed by atoms with Gasteiger partial charge in [-0.3, -0.25) is 9.59 Å². The van der Waals surface area contributed by atoms with Gasteiger partial charge in [0, 0.05) is 39.5 Å². The lowest BCUT2D eigenvalue weighted by Gasteiger charge is -2.32. The average molecular weight is 798 g/mol. The molecule has 3 aliphatic rings. The molecule has 0 spiro atoms. The topological polar surface area (TPSA) is 114 Å². The van der Waals surface area contributed by atoms with E-state index >= 15 is 0 Å². The van der Waals surface area contributed by atoms with Gasteiger partial charge in [0.2, 0.25) is 11.8 Å². The maximum atomic E-state index is 11.3. The maximum Gasteiger partial charge on any atom is 0.496 e. The van der Waals surface area contributed by atoms with E-state index in [0.29, 0.717) is 21.4 Å². The van der Waals surface area contributed by atoms with E-state index in [1.54, 1.807) is 30.3 Å². The Bertz CT molecular complexity index is 1490. The van der Waals surface area contributed by atoms with Crippen molar-refractivity contribution in [2.75, 3.05) is 10.6 Å². The van der Waals surface area contributed by atoms with E-state index in [2.05, 4.69) is 26.6 Å². The van der Waals surface area contributed by atoms with Crippen LogP contribution in [0.15, 0.2) is 40.9 Å². The predicted octanol–water partition coefficient (Wildman–Crippen LogP) is 7.91. The molecule has 2 amide bonds. The van der Waals surface area contributed by atoms with Gasteiger partial charge in [-0.05, 0) is 129 Å². The molecule has 10 nitrogen and oxygen atoms in total. The van der Waals surface area contributed by atoms with Gasteiger partial charge in [0.1, 0.15) is 0 Å². The lowest BCUT2D eigenvalue weighted by molar-refractivity contribution is -0.115. The third-order valence-corrected chi connectivity index (χ3v) is 11.0. The number of carbonyl (C=O) groups is 2. The first-order chi connectivity index (χ1) is 22.6. The summed E-state index contributed by atoms with van der Waals surface area (Å²) in [5, 5.41) is 6.56. The van der Waals surface area contributed by atoms with Crippen molar-refractivity contribution in [1.29, 1.82) is 0 Å². The van der Waals surface area contributed by atoms with Gasteiger partial charge in [0.25, 0.3) is 0 Å². The van der Waals surface area contributed by atoms with Gasteiger partial charge in [-0.25, -0.2) is 0 Å². The number of nitrogens with one attached hydrogen (secondary N) is 2. The highest BCUT2D eigenvalue weighted by Crippen LogP contribution is 2.43. The van der Waals surface area contributed by atoms with Crippen molar-refractivity contribution in [3.8, 4) is 0 Å². The lowest BCUT2D eigenvalue weighted by Crippen LogP contribution is -2.41. The van der Waals surface area contributed by atoms with Crippen LogP contribution in [0, 0.1) is 0 Å². The fourth-order valence-corrected chi connectivity index (χ4v) is 5.47. The number of carbonyl (C=O) groups excluding carboxylic acids is 2. The number of amides is 2. The Morgan fingerprint density at radius 2 is 0.880 bits per heavy atom. The molecule has 274 valence electrons. The molecule has 0 saturated carbocycles. The molecule has 3 fully saturated rings. The minimum atomic E-state index is -0.529. The second kappa shape index (κ2) is 15.4. The van der Waals surface area contributed by atoms with Crippen LogP contribution in [0.25, 0.3) is 0 Å². The Morgan fingerprint density at radius 1 is 0.560 bits per heavy atom. The quantitative estimate of drug-likeness (QED) is 0.301. The molecule has 3 heterocycles. The second-order valence-electron chi connectivity index (χ2n) is 15.6. The number of benzene rings is 2. The summed E-state index contributed by atoms with van der Waals surface area (Å²) in [7, 11) is -1.48. The summed E-state index contributed by atoms with van der Waals surface area (Å²) in [4.78, 5) is 22.0. The van der Waals surface area contributed by atoms with Gasteiger partial charge in [0.05, 0.1) is 39.3 Å². The van der Waals surface area contributed by atoms with Crippen molar-refractivity contribution >= 4 is 88.9 Å². The zero-order chi connectivity index (χ0) is 38.3. The summed E-state index contributed by atoms with van der Waals surface area (Å²) in [6, 6.07) is 10.5. The summed E-state index contributed by atoms with van der Waals surface area (Å²) in [5.74, 6) is -0.275. The first kappa shape index (κ1) is 42.8. The summed E-state index contributed by atoms with van der Waals surface area (Å²) < 4.78 is 36.7. The Kier molecular flexibility index (Phi) is 13.2. The SMILES string of the molecule is CC(=O)Nc1cc(Cl)ccc1B1OC(C)(C)C(C)(C)O1.CC(=O)Nc1cc(Cl)ccc1Br.CC1(C)OB(B2OC(C)(C)C(C)(C)O2)OC1(C)C. The Hall–Kier alpha value is -1.61. The fourth-order valence-electron chi connectivity index (χ4n) is 4.78. The van der Waals surface area contributed by atoms with Crippen LogP contribution in [0.2, 0.25) is 10.0 Å². The van der Waals surface area contributed by atoms with Crippen LogP contribution in [-0.2, 0) is 37.5 Å². The molecule has 0 radical (unpaired) electrons. The van der Waals surface area contributed by atoms with E-state index in [9.17, 15) is 9.59 Å². The first-order valence-electron chi connectivity index (χ1n) is 16.5. The Morgan fingerprint density at radius 3 is 1.26 bits per heavy atom. The van der Waals surface area contributed by atoms with Gasteiger partial charge >= 0.3 is 21.1 Å². The van der Waals surface area contributed by atoms with E-state index in [4.69, 9.17) is 51.1 Å². The van der Waals surface area contributed by atoms with Crippen LogP contribution in [0.3, 0.4) is 0 Å². The van der Waals surface area contributed by atoms with Gasteiger partial charge in [-0.15, -0.1) is 0 Å². The lowest BCUT2D eigenvalue weighted by atomic mass is 9.49. The number of anilines is 2. The van der Waals surface area contributed by atoms with E-state index in [-0.39, 0.29) is 34.2 Å². The molecule has 0 aliphatic carbocycles. The number of rotatable bonds is 4. The van der Waals surface area contributed by atoms with E-state index in [1.165, 1.54) is 13.8 Å². The molecule has 2 aromatic rings. The van der Waals surface area contributed by atoms with Gasteiger partial charge in [-0.1, -0.05) is 29.3 Å². The highest BCUT2D eigenvalue weighted by Gasteiger charge is 2.63. The normalized spacial score (nSPS) is 21.8. The van der Waals surface area contributed by atoms with Gasteiger partial charge < -0.3 is 38.6 Å². The summed E-state index contributed by atoms with van der Waals surface area (Å²) >= 11 is 15.0. The molecule has 50 heavy (non-hydrogen) atoms. The van der Waals surface area contributed by atoms with Gasteiger partial charge in [0.15, 0.2) is 0 Å². The van der Waals surface area contributed by atoms with E-state index < -0.39 is 32.3 Å². The molecule has 2 aromatic carbocycles. The smallest absolute Gasteiger partial charge is 0.405 e. The number of hydrogen-bond donors (Lipinski definition) is 2. The van der Waals surface area contributed by atoms with Crippen LogP contribution < -0.4 is 16.1 Å². The van der Waals surface area contributed by atoms with E-state index in [1.807, 2.05) is 89.2 Å². The molecular formula is C34H50B3BrCl2N2O8. The molecular weight excluding hydrogens is 748 g/mol. The standard InChI is InChI=1S/C14H19BClNO3.C12H24B2O4.C8H7BrClNO/c1-9(18)17-12-8-10(16)6-7-11(12)15-19-13(2,3)14(4,5)20-15;1-9(2)10(3,4)16-13(15-9)14-17-11(5,6)12(7,8)18-14;1-5(12)11-8-4-6(10)2-3-7(8)9/h6-8H,1-5H3,(H,17,18);1-8H3;2-4H,1H3,(H,11,12). The van der Waals surface area contributed by atoms with Crippen molar-refractivity contribution in [2.24, 2.45) is 0 Å². The Balaban J connectivity index is 0.000000209. The zero-order valence-corrected chi connectivity index (χ0v) is 34.7. The minimum absolute atomic E-state index is 0.113. The highest BCUT2D eigenvalue weighted by atomic mass is 79.9. The van der Waals surface area contributed by atoms with E-state index in [0.717, 1.165) is 9.94 Å². The molecule has 0 unspecified atom stereocenters. The highest BCUT2D eigenvalue weighted by molar-refractivity contribution is 9.10. The summed E-state index contributed by atoms with van der Waals surface area (Å²) in [6.07, 6.45) is 0. The molecule has 0 bridgehead atoms. The molecule has 2 N–H and O–H groups in total. The van der Waals surface area contributed by atoms with Crippen LogP contribution in [-0.4, -0.2) is 66.6 Å². The zero-order valence-electron chi connectivity index (χ0n) is 31.6. The summed E-state index contributed by atoms with van der Waals surface area (Å²) in [5.41, 5.74) is -0.220. The monoisotopic (exact) mass is 796 g/mol. The Labute approximate surface area is 317 Å². The molecule has 0 atom stereocenters. The predicted molar refractivity (Wildman–Crippen MR) is 207 cm³/mol. The van der Waals surface area contributed by atoms with Crippen molar-refractivity contribution in [3.63, 3.8) is 0 Å². The average Bonchev–Trinajstić information content (AvgIpc) is 3.39. The van der Waals surface area contributed by atoms with Crippen molar-refractivity contribution in [3.05, 3.63) is 50.9 Å². The maximum absolute atomic E-state index is 11.3. The molecule has 3 saturated heterocycles. The van der Waals surface area contributed by atoms with Crippen LogP contribution >= 0.6 is 39.1 Å². The third kappa shape index (κ3) is 10.1. The van der Waals surface area contributed by atoms with Gasteiger partial charge in [-0.2, -0.15) is 0 Å². The number of halogens is 3. The third-order valence-electron chi connectivity index (χ3n) is 9.84. The molecule has 16 heteroatoms.